The SMILES string of the molecule is O.O.O.O.O.O.O.O.OO.[Ca+2].[Ca+2].[Ca+2].[Ca+2].[Ca+2].[Ca+2].[Ca+2].[Ca+2].[Ca+2].[Ca+2].[Ca+2].[Ca+2].[Ca+2]. The summed E-state index contributed by atoms with van der Waals surface area (Å²) in [6.45, 7) is 0. The summed E-state index contributed by atoms with van der Waals surface area (Å²) in [7, 11) is 0. The molecule has 10 nitrogen and oxygen atoms in total. The number of hydrogen-bond acceptors (Lipinski definition) is 2. The third-order valence-electron chi connectivity index (χ3n) is 0. The second-order valence-electron chi connectivity index (χ2n) is 0. The fourth-order valence-electron chi connectivity index (χ4n) is 0. The third-order valence-corrected chi connectivity index (χ3v) is 0. The quantitative estimate of drug-likeness (QED) is 0.142. The Morgan fingerprint density at radius 1 is 0.174 bits per heavy atom. The van der Waals surface area contributed by atoms with E-state index in [2.05, 4.69) is 0 Å². The molecular formula is H18Ca13O10+26. The van der Waals surface area contributed by atoms with E-state index in [1.54, 1.807) is 0 Å². The minimum atomic E-state index is 0. The molecule has 0 radical (unpaired) electrons. The van der Waals surface area contributed by atoms with Crippen molar-refractivity contribution in [3.05, 3.63) is 0 Å². The van der Waals surface area contributed by atoms with Crippen LogP contribution in [0.2, 0.25) is 0 Å². The van der Waals surface area contributed by atoms with Crippen LogP contribution in [-0.4, -0.2) is 545 Å². The van der Waals surface area contributed by atoms with Gasteiger partial charge in [0.15, 0.2) is 0 Å². The van der Waals surface area contributed by atoms with Crippen molar-refractivity contribution in [3.63, 3.8) is 0 Å². The average Bonchev–Trinajstić information content (AvgIpc) is 1.00. The van der Waals surface area contributed by atoms with Crippen LogP contribution in [0, 0.1) is 0 Å². The van der Waals surface area contributed by atoms with Crippen molar-refractivity contribution in [1.82, 2.24) is 0 Å². The van der Waals surface area contributed by atoms with Crippen molar-refractivity contribution in [3.8, 4) is 0 Å². The van der Waals surface area contributed by atoms with Crippen molar-refractivity contribution >= 4 is 491 Å². The van der Waals surface area contributed by atoms with E-state index in [1.165, 1.54) is 0 Å². The van der Waals surface area contributed by atoms with Crippen LogP contribution in [0.15, 0.2) is 0 Å². The largest absolute Gasteiger partial charge is 2.00 e. The fraction of sp³-hybridized carbons (Fsp3) is 0. The van der Waals surface area contributed by atoms with Gasteiger partial charge in [-0.3, -0.25) is 10.5 Å². The first-order chi connectivity index (χ1) is 1.00. The molecule has 0 aromatic heterocycles. The summed E-state index contributed by atoms with van der Waals surface area (Å²) in [5.74, 6) is 0. The Morgan fingerprint density at radius 3 is 0.174 bits per heavy atom. The van der Waals surface area contributed by atoms with Crippen molar-refractivity contribution in [2.24, 2.45) is 0 Å². The van der Waals surface area contributed by atoms with Crippen molar-refractivity contribution in [2.75, 3.05) is 0 Å². The van der Waals surface area contributed by atoms with Crippen LogP contribution in [0.1, 0.15) is 0 Å². The van der Waals surface area contributed by atoms with Crippen LogP contribution in [0.3, 0.4) is 0 Å². The van der Waals surface area contributed by atoms with Gasteiger partial charge < -0.3 is 43.8 Å². The summed E-state index contributed by atoms with van der Waals surface area (Å²) in [5, 5.41) is 12.0. The molecule has 0 aromatic carbocycles. The molecular weight excluding hydrogens is 681 g/mol. The molecule has 23 heteroatoms. The van der Waals surface area contributed by atoms with Gasteiger partial charge in [-0.1, -0.05) is 0 Å². The Morgan fingerprint density at radius 2 is 0.174 bits per heavy atom. The third kappa shape index (κ3) is 193. The molecule has 0 aromatic rings. The maximum atomic E-state index is 6.00. The van der Waals surface area contributed by atoms with Gasteiger partial charge in [0.2, 0.25) is 0 Å². The molecule has 0 aliphatic heterocycles. The Balaban J connectivity index is -0.0000000000238. The van der Waals surface area contributed by atoms with Crippen LogP contribution in [-0.2, 0) is 0 Å². The summed E-state index contributed by atoms with van der Waals surface area (Å²) >= 11 is 0. The zero-order chi connectivity index (χ0) is 2.00. The average molecular weight is 699 g/mol. The van der Waals surface area contributed by atoms with Crippen LogP contribution < -0.4 is 0 Å². The van der Waals surface area contributed by atoms with Crippen LogP contribution in [0.4, 0.5) is 0 Å². The Kier molecular flexibility index (Phi) is 1730. The summed E-state index contributed by atoms with van der Waals surface area (Å²) in [6.07, 6.45) is 0. The first-order valence-electron chi connectivity index (χ1n) is 0.200. The maximum absolute atomic E-state index is 6.00. The first-order valence-corrected chi connectivity index (χ1v) is 0.200. The molecule has 0 spiro atoms. The summed E-state index contributed by atoms with van der Waals surface area (Å²) in [5.41, 5.74) is 0. The van der Waals surface area contributed by atoms with Gasteiger partial charge in [-0.25, -0.2) is 0 Å². The molecule has 0 aliphatic rings. The molecule has 0 amide bonds. The van der Waals surface area contributed by atoms with Gasteiger partial charge in [0.05, 0.1) is 0 Å². The van der Waals surface area contributed by atoms with E-state index in [0.717, 1.165) is 0 Å². The van der Waals surface area contributed by atoms with Gasteiger partial charge in [-0.15, -0.1) is 0 Å². The Bertz CT molecular complexity index is 22.7. The van der Waals surface area contributed by atoms with Gasteiger partial charge >= 0.3 is 491 Å². The Hall–Kier alpha value is 16.0. The molecule has 0 rings (SSSR count). The summed E-state index contributed by atoms with van der Waals surface area (Å²) in [4.78, 5) is 0. The van der Waals surface area contributed by atoms with E-state index in [1.807, 2.05) is 0 Å². The predicted molar refractivity (Wildman–Crippen MR) is 109 cm³/mol. The number of hydrogen-bond donors (Lipinski definition) is 2. The molecule has 0 unspecified atom stereocenters. The molecule has 18 N–H and O–H groups in total. The minimum absolute atomic E-state index is 0. The van der Waals surface area contributed by atoms with E-state index in [-0.39, 0.29) is 534 Å². The van der Waals surface area contributed by atoms with E-state index in [4.69, 9.17) is 10.5 Å². The molecule has 0 aliphatic carbocycles. The van der Waals surface area contributed by atoms with Gasteiger partial charge in [-0.2, -0.15) is 0 Å². The minimum Gasteiger partial charge on any atom is -0.412 e. The monoisotopic (exact) mass is 698 g/mol. The van der Waals surface area contributed by atoms with Crippen molar-refractivity contribution < 1.29 is 54.3 Å². The van der Waals surface area contributed by atoms with E-state index >= 15 is 0 Å². The maximum Gasteiger partial charge on any atom is 2.00 e. The molecule has 0 bridgehead atoms. The summed E-state index contributed by atoms with van der Waals surface area (Å²) in [6, 6.07) is 0. The van der Waals surface area contributed by atoms with Crippen LogP contribution >= 0.6 is 0 Å². The second-order valence-corrected chi connectivity index (χ2v) is 0. The molecule has 0 heterocycles. The van der Waals surface area contributed by atoms with Crippen molar-refractivity contribution in [1.29, 1.82) is 0 Å². The van der Waals surface area contributed by atoms with E-state index in [0.29, 0.717) is 0 Å². The predicted octanol–water partition coefficient (Wildman–Crippen LogP) is -11.5. The van der Waals surface area contributed by atoms with Crippen LogP contribution in [0.25, 0.3) is 0 Å². The topological polar surface area (TPSA) is 292 Å². The smallest absolute Gasteiger partial charge is 0.412 e. The second kappa shape index (κ2) is 203. The molecule has 0 saturated carbocycles. The van der Waals surface area contributed by atoms with Crippen molar-refractivity contribution in [2.45, 2.75) is 0 Å². The summed E-state index contributed by atoms with van der Waals surface area (Å²) < 4.78 is 0. The zero-order valence-corrected chi connectivity index (χ0v) is 42.8. The van der Waals surface area contributed by atoms with E-state index in [9.17, 15) is 0 Å². The van der Waals surface area contributed by atoms with Gasteiger partial charge in [-0.05, 0) is 0 Å². The van der Waals surface area contributed by atoms with Crippen LogP contribution in [0.5, 0.6) is 0 Å². The molecule has 78 valence electrons. The standard InChI is InChI=1S/13Ca.H2O2.8H2O/c;;;;;;;;;;;;;1-2;;;;;;;;/h;;;;;;;;;;;;;1-2H;8*1H2/q13*+2;;;;;;;;;. The first kappa shape index (κ1) is 195. The molecule has 0 fully saturated rings. The van der Waals surface area contributed by atoms with E-state index < -0.39 is 0 Å². The zero-order valence-electron chi connectivity index (χ0n) is 14.1. The normalized spacial score (nSPS) is 0.261. The number of rotatable bonds is 0. The fourth-order valence-corrected chi connectivity index (χ4v) is 0. The van der Waals surface area contributed by atoms with Gasteiger partial charge in [0.25, 0.3) is 0 Å². The molecule has 0 saturated heterocycles. The van der Waals surface area contributed by atoms with Gasteiger partial charge in [0.1, 0.15) is 0 Å². The van der Waals surface area contributed by atoms with Gasteiger partial charge in [0, 0.05) is 0 Å². The Labute approximate surface area is 525 Å². The molecule has 23 heavy (non-hydrogen) atoms. The molecule has 0 atom stereocenters.